The van der Waals surface area contributed by atoms with Crippen LogP contribution < -0.4 is 11.1 Å². The van der Waals surface area contributed by atoms with Crippen LogP contribution in [-0.2, 0) is 6.54 Å². The van der Waals surface area contributed by atoms with Crippen molar-refractivity contribution in [2.24, 2.45) is 0 Å². The number of nitrogens with two attached hydrogens (primary N) is 1. The summed E-state index contributed by atoms with van der Waals surface area (Å²) in [6.07, 6.45) is 1.68. The molecule has 1 heterocycles. The van der Waals surface area contributed by atoms with Crippen LogP contribution in [0.5, 0.6) is 0 Å². The smallest absolute Gasteiger partial charge is 0.129 e. The zero-order chi connectivity index (χ0) is 13.1. The van der Waals surface area contributed by atoms with Gasteiger partial charge in [0.25, 0.3) is 0 Å². The summed E-state index contributed by atoms with van der Waals surface area (Å²) in [4.78, 5) is 4.00. The Balaban J connectivity index is 2.08. The maximum atomic E-state index is 13.5. The van der Waals surface area contributed by atoms with Crippen molar-refractivity contribution in [3.63, 3.8) is 0 Å². The van der Waals surface area contributed by atoms with Crippen LogP contribution in [0.25, 0.3) is 0 Å². The number of halogens is 1. The predicted octanol–water partition coefficient (Wildman–Crippen LogP) is 3.03. The quantitative estimate of drug-likeness (QED) is 0.873. The molecule has 0 atom stereocenters. The van der Waals surface area contributed by atoms with Gasteiger partial charge in [-0.15, -0.1) is 0 Å². The molecule has 0 saturated carbocycles. The Morgan fingerprint density at radius 1 is 1.22 bits per heavy atom. The van der Waals surface area contributed by atoms with Gasteiger partial charge in [0.2, 0.25) is 0 Å². The van der Waals surface area contributed by atoms with Crippen LogP contribution in [-0.4, -0.2) is 4.98 Å². The lowest BCUT2D eigenvalue weighted by Crippen LogP contribution is -2.02. The molecule has 0 bridgehead atoms. The van der Waals surface area contributed by atoms with Gasteiger partial charge in [-0.1, -0.05) is 12.1 Å². The highest BCUT2D eigenvalue weighted by molar-refractivity contribution is 5.46. The summed E-state index contributed by atoms with van der Waals surface area (Å²) >= 11 is 0. The Labute approximate surface area is 106 Å². The minimum absolute atomic E-state index is 0.132. The average Bonchev–Trinajstić information content (AvgIpc) is 2.35. The molecule has 0 saturated heterocycles. The highest BCUT2D eigenvalue weighted by Crippen LogP contribution is 2.16. The molecule has 2 rings (SSSR count). The predicted molar refractivity (Wildman–Crippen MR) is 71.9 cm³/mol. The number of nitrogens with one attached hydrogen (secondary N) is 1. The van der Waals surface area contributed by atoms with Gasteiger partial charge in [0.05, 0.1) is 11.9 Å². The van der Waals surface area contributed by atoms with Crippen molar-refractivity contribution in [1.29, 1.82) is 0 Å². The third-order valence-corrected chi connectivity index (χ3v) is 2.78. The second-order valence-electron chi connectivity index (χ2n) is 4.37. The van der Waals surface area contributed by atoms with Crippen molar-refractivity contribution in [3.8, 4) is 0 Å². The highest BCUT2D eigenvalue weighted by Gasteiger charge is 2.04. The Morgan fingerprint density at radius 2 is 1.89 bits per heavy atom. The number of aryl methyl sites for hydroxylation is 2. The van der Waals surface area contributed by atoms with E-state index in [1.54, 1.807) is 26.1 Å². The molecule has 0 radical (unpaired) electrons. The first-order valence-corrected chi connectivity index (χ1v) is 5.77. The maximum absolute atomic E-state index is 13.5. The van der Waals surface area contributed by atoms with Crippen LogP contribution in [0, 0.1) is 19.7 Å². The number of nitrogen functional groups attached to an aromatic ring is 1. The number of anilines is 2. The van der Waals surface area contributed by atoms with Gasteiger partial charge in [-0.2, -0.15) is 0 Å². The number of rotatable bonds is 3. The molecule has 0 amide bonds. The summed E-state index contributed by atoms with van der Waals surface area (Å²) in [5.74, 6) is 0.363. The van der Waals surface area contributed by atoms with Gasteiger partial charge in [0.1, 0.15) is 11.6 Å². The normalized spacial score (nSPS) is 10.4. The lowest BCUT2D eigenvalue weighted by Gasteiger charge is -2.09. The molecule has 94 valence electrons. The van der Waals surface area contributed by atoms with Crippen molar-refractivity contribution >= 4 is 11.5 Å². The maximum Gasteiger partial charge on any atom is 0.129 e. The minimum Gasteiger partial charge on any atom is -0.384 e. The van der Waals surface area contributed by atoms with Gasteiger partial charge in [-0.3, -0.25) is 0 Å². The fourth-order valence-electron chi connectivity index (χ4n) is 1.85. The van der Waals surface area contributed by atoms with Crippen LogP contribution in [0.15, 0.2) is 30.5 Å². The van der Waals surface area contributed by atoms with E-state index in [4.69, 9.17) is 5.73 Å². The summed E-state index contributed by atoms with van der Waals surface area (Å²) in [7, 11) is 0. The average molecular weight is 245 g/mol. The molecular weight excluding hydrogens is 229 g/mol. The lowest BCUT2D eigenvalue weighted by molar-refractivity contribution is 0.608. The van der Waals surface area contributed by atoms with E-state index in [1.165, 1.54) is 0 Å². The Hall–Kier alpha value is -2.10. The number of benzene rings is 1. The molecule has 0 aliphatic carbocycles. The van der Waals surface area contributed by atoms with E-state index in [9.17, 15) is 4.39 Å². The van der Waals surface area contributed by atoms with Gasteiger partial charge >= 0.3 is 0 Å². The van der Waals surface area contributed by atoms with Crippen LogP contribution in [0.4, 0.5) is 15.9 Å². The number of aromatic nitrogens is 1. The van der Waals surface area contributed by atoms with Crippen LogP contribution in [0.3, 0.4) is 0 Å². The van der Waals surface area contributed by atoms with E-state index in [0.29, 0.717) is 23.5 Å². The summed E-state index contributed by atoms with van der Waals surface area (Å²) in [5, 5.41) is 3.22. The third kappa shape index (κ3) is 2.77. The molecule has 0 aliphatic rings. The first-order valence-electron chi connectivity index (χ1n) is 5.77. The first kappa shape index (κ1) is 12.4. The van der Waals surface area contributed by atoms with Gasteiger partial charge < -0.3 is 11.1 Å². The summed E-state index contributed by atoms with van der Waals surface area (Å²) in [6, 6.07) is 7.30. The number of hydrogen-bond donors (Lipinski definition) is 2. The van der Waals surface area contributed by atoms with E-state index in [2.05, 4.69) is 10.3 Å². The molecule has 1 aromatic heterocycles. The summed E-state index contributed by atoms with van der Waals surface area (Å²) < 4.78 is 13.5. The molecular formula is C14H16FN3. The van der Waals surface area contributed by atoms with Gasteiger partial charge in [0, 0.05) is 6.54 Å². The largest absolute Gasteiger partial charge is 0.384 e. The van der Waals surface area contributed by atoms with Crippen molar-refractivity contribution in [2.75, 3.05) is 11.1 Å². The van der Waals surface area contributed by atoms with Crippen molar-refractivity contribution in [1.82, 2.24) is 4.98 Å². The number of nitrogens with zero attached hydrogens (tertiary/aromatic N) is 1. The van der Waals surface area contributed by atoms with Crippen LogP contribution in [0.1, 0.15) is 16.7 Å². The lowest BCUT2D eigenvalue weighted by atomic mass is 10.1. The Kier molecular flexibility index (Phi) is 3.46. The first-order chi connectivity index (χ1) is 8.56. The molecule has 3 nitrogen and oxygen atoms in total. The Bertz CT molecular complexity index is 526. The van der Waals surface area contributed by atoms with Gasteiger partial charge in [-0.05, 0) is 42.7 Å². The van der Waals surface area contributed by atoms with Crippen molar-refractivity contribution in [2.45, 2.75) is 20.4 Å². The topological polar surface area (TPSA) is 50.9 Å². The molecule has 0 fully saturated rings. The molecule has 4 heteroatoms. The van der Waals surface area contributed by atoms with Gasteiger partial charge in [0.15, 0.2) is 0 Å². The van der Waals surface area contributed by atoms with E-state index >= 15 is 0 Å². The second kappa shape index (κ2) is 5.04. The van der Waals surface area contributed by atoms with Crippen LogP contribution >= 0.6 is 0 Å². The molecule has 1 aromatic carbocycles. The van der Waals surface area contributed by atoms with Crippen molar-refractivity contribution in [3.05, 3.63) is 53.0 Å². The molecule has 0 aliphatic heterocycles. The van der Waals surface area contributed by atoms with E-state index in [0.717, 1.165) is 11.3 Å². The molecule has 18 heavy (non-hydrogen) atoms. The zero-order valence-corrected chi connectivity index (χ0v) is 10.5. The van der Waals surface area contributed by atoms with E-state index in [-0.39, 0.29) is 5.82 Å². The number of hydrogen-bond acceptors (Lipinski definition) is 3. The standard InChI is InChI=1S/C14H16FN3/c1-9-5-11(6-10(2)14(9)15)7-17-12-3-4-13(16)18-8-12/h3-6,8,17H,7H2,1-2H3,(H2,16,18). The van der Waals surface area contributed by atoms with Crippen LogP contribution in [0.2, 0.25) is 0 Å². The SMILES string of the molecule is Cc1cc(CNc2ccc(N)nc2)cc(C)c1F. The summed E-state index contributed by atoms with van der Waals surface area (Å²) in [6.45, 7) is 4.18. The molecule has 3 N–H and O–H groups in total. The van der Waals surface area contributed by atoms with E-state index in [1.807, 2.05) is 18.2 Å². The third-order valence-electron chi connectivity index (χ3n) is 2.78. The fourth-order valence-corrected chi connectivity index (χ4v) is 1.85. The minimum atomic E-state index is -0.132. The van der Waals surface area contributed by atoms with E-state index < -0.39 is 0 Å². The highest BCUT2D eigenvalue weighted by atomic mass is 19.1. The molecule has 2 aromatic rings. The fraction of sp³-hybridized carbons (Fsp3) is 0.214. The zero-order valence-electron chi connectivity index (χ0n) is 10.5. The van der Waals surface area contributed by atoms with Crippen molar-refractivity contribution < 1.29 is 4.39 Å². The summed E-state index contributed by atoms with van der Waals surface area (Å²) in [5.41, 5.74) is 8.78. The Morgan fingerprint density at radius 3 is 2.44 bits per heavy atom. The monoisotopic (exact) mass is 245 g/mol. The van der Waals surface area contributed by atoms with Gasteiger partial charge in [-0.25, -0.2) is 9.37 Å². The molecule has 0 spiro atoms. The second-order valence-corrected chi connectivity index (χ2v) is 4.37. The molecule has 0 unspecified atom stereocenters. The number of pyridine rings is 1.